The highest BCUT2D eigenvalue weighted by Crippen LogP contribution is 2.28. The summed E-state index contributed by atoms with van der Waals surface area (Å²) in [5.74, 6) is 0. The van der Waals surface area contributed by atoms with Gasteiger partial charge < -0.3 is 0 Å². The third kappa shape index (κ3) is 1.76. The molecule has 4 nitrogen and oxygen atoms in total. The van der Waals surface area contributed by atoms with Crippen LogP contribution in [0.2, 0.25) is 5.02 Å². The Balaban J connectivity index is 2.25. The fourth-order valence-electron chi connectivity index (χ4n) is 1.78. The van der Waals surface area contributed by atoms with Gasteiger partial charge in [-0.05, 0) is 17.7 Å². The third-order valence-corrected chi connectivity index (χ3v) is 2.93. The van der Waals surface area contributed by atoms with Crippen molar-refractivity contribution >= 4 is 22.5 Å². The largest absolute Gasteiger partial charge is 0.275 e. The molecule has 0 saturated carbocycles. The number of hydrogen-bond donors (Lipinski definition) is 0. The molecule has 0 N–H and O–H groups in total. The van der Waals surface area contributed by atoms with Crippen LogP contribution in [-0.4, -0.2) is 19.7 Å². The van der Waals surface area contributed by atoms with Crippen LogP contribution in [0.4, 0.5) is 0 Å². The summed E-state index contributed by atoms with van der Waals surface area (Å²) in [6.07, 6.45) is 6.99. The zero-order valence-corrected chi connectivity index (χ0v) is 9.89. The minimum absolute atomic E-state index is 0.655. The Labute approximate surface area is 103 Å². The van der Waals surface area contributed by atoms with Crippen molar-refractivity contribution in [1.82, 2.24) is 19.7 Å². The number of fused-ring (bicyclic) bond motifs is 1. The summed E-state index contributed by atoms with van der Waals surface area (Å²) in [6.45, 7) is 0. The number of nitrogens with zero attached hydrogens (tertiary/aromatic N) is 4. The monoisotopic (exact) mass is 244 g/mol. The number of rotatable bonds is 1. The van der Waals surface area contributed by atoms with Crippen molar-refractivity contribution in [1.29, 1.82) is 0 Å². The number of aryl methyl sites for hydroxylation is 1. The molecule has 0 bridgehead atoms. The Morgan fingerprint density at radius 2 is 2.06 bits per heavy atom. The first-order chi connectivity index (χ1) is 8.24. The van der Waals surface area contributed by atoms with Gasteiger partial charge in [0.1, 0.15) is 6.33 Å². The lowest BCUT2D eigenvalue weighted by molar-refractivity contribution is 0.768. The molecule has 1 aromatic carbocycles. The first-order valence-corrected chi connectivity index (χ1v) is 5.50. The van der Waals surface area contributed by atoms with Crippen LogP contribution in [-0.2, 0) is 7.05 Å². The first-order valence-electron chi connectivity index (χ1n) is 5.12. The zero-order chi connectivity index (χ0) is 11.8. The quantitative estimate of drug-likeness (QED) is 0.661. The minimum atomic E-state index is 0.655. The second kappa shape index (κ2) is 3.82. The molecule has 0 saturated heterocycles. The van der Waals surface area contributed by atoms with Gasteiger partial charge in [-0.1, -0.05) is 11.6 Å². The van der Waals surface area contributed by atoms with Crippen molar-refractivity contribution in [2.24, 2.45) is 7.05 Å². The average molecular weight is 245 g/mol. The highest BCUT2D eigenvalue weighted by atomic mass is 35.5. The van der Waals surface area contributed by atoms with Crippen molar-refractivity contribution < 1.29 is 0 Å². The van der Waals surface area contributed by atoms with Gasteiger partial charge in [0, 0.05) is 30.4 Å². The van der Waals surface area contributed by atoms with Crippen LogP contribution >= 0.6 is 11.6 Å². The van der Waals surface area contributed by atoms with E-state index in [9.17, 15) is 0 Å². The van der Waals surface area contributed by atoms with Crippen molar-refractivity contribution in [2.75, 3.05) is 0 Å². The molecular formula is C12H9ClN4. The molecule has 2 heterocycles. The Hall–Kier alpha value is -1.94. The predicted octanol–water partition coefficient (Wildman–Crippen LogP) is 2.68. The molecule has 0 aliphatic carbocycles. The normalized spacial score (nSPS) is 10.9. The lowest BCUT2D eigenvalue weighted by Gasteiger charge is -2.02. The van der Waals surface area contributed by atoms with Gasteiger partial charge in [-0.15, -0.1) is 0 Å². The maximum absolute atomic E-state index is 6.21. The summed E-state index contributed by atoms with van der Waals surface area (Å²) in [5, 5.41) is 5.66. The second-order valence-corrected chi connectivity index (χ2v) is 4.22. The van der Waals surface area contributed by atoms with Gasteiger partial charge in [-0.2, -0.15) is 5.10 Å². The molecule has 0 fully saturated rings. The summed E-state index contributed by atoms with van der Waals surface area (Å²) in [6, 6.07) is 3.89. The van der Waals surface area contributed by atoms with Crippen molar-refractivity contribution in [3.63, 3.8) is 0 Å². The molecule has 0 unspecified atom stereocenters. The lowest BCUT2D eigenvalue weighted by Crippen LogP contribution is -1.85. The Morgan fingerprint density at radius 1 is 1.18 bits per heavy atom. The van der Waals surface area contributed by atoms with E-state index in [1.165, 1.54) is 6.33 Å². The minimum Gasteiger partial charge on any atom is -0.275 e. The van der Waals surface area contributed by atoms with Crippen molar-refractivity contribution in [2.45, 2.75) is 0 Å². The maximum atomic E-state index is 6.21. The summed E-state index contributed by atoms with van der Waals surface area (Å²) >= 11 is 6.21. The van der Waals surface area contributed by atoms with Gasteiger partial charge in [0.2, 0.25) is 0 Å². The van der Waals surface area contributed by atoms with Gasteiger partial charge in [-0.3, -0.25) is 4.68 Å². The molecule has 17 heavy (non-hydrogen) atoms. The number of halogens is 1. The molecule has 3 aromatic rings. The van der Waals surface area contributed by atoms with Crippen LogP contribution < -0.4 is 0 Å². The van der Waals surface area contributed by atoms with Crippen LogP contribution in [0.5, 0.6) is 0 Å². The number of aromatic nitrogens is 4. The SMILES string of the molecule is Cn1cc(-c2cc(Cl)c3cncnc3c2)cn1. The van der Waals surface area contributed by atoms with E-state index in [0.717, 1.165) is 22.0 Å². The third-order valence-electron chi connectivity index (χ3n) is 2.61. The van der Waals surface area contributed by atoms with Crippen molar-refractivity contribution in [3.05, 3.63) is 42.1 Å². The lowest BCUT2D eigenvalue weighted by atomic mass is 10.1. The Bertz CT molecular complexity index is 690. The molecule has 0 atom stereocenters. The van der Waals surface area contributed by atoms with E-state index < -0.39 is 0 Å². The number of benzene rings is 1. The zero-order valence-electron chi connectivity index (χ0n) is 9.13. The van der Waals surface area contributed by atoms with E-state index in [-0.39, 0.29) is 0 Å². The van der Waals surface area contributed by atoms with Gasteiger partial charge in [0.15, 0.2) is 0 Å². The molecule has 3 rings (SSSR count). The fourth-order valence-corrected chi connectivity index (χ4v) is 2.04. The maximum Gasteiger partial charge on any atom is 0.116 e. The molecule has 2 aromatic heterocycles. The summed E-state index contributed by atoms with van der Waals surface area (Å²) < 4.78 is 1.76. The second-order valence-electron chi connectivity index (χ2n) is 3.82. The highest BCUT2D eigenvalue weighted by molar-refractivity contribution is 6.35. The van der Waals surface area contributed by atoms with Crippen LogP contribution in [0.1, 0.15) is 0 Å². The summed E-state index contributed by atoms with van der Waals surface area (Å²) in [5.41, 5.74) is 2.87. The van der Waals surface area contributed by atoms with Crippen LogP contribution in [0, 0.1) is 0 Å². The topological polar surface area (TPSA) is 43.6 Å². The van der Waals surface area contributed by atoms with E-state index in [2.05, 4.69) is 15.1 Å². The molecule has 0 aliphatic heterocycles. The van der Waals surface area contributed by atoms with Crippen LogP contribution in [0.25, 0.3) is 22.0 Å². The van der Waals surface area contributed by atoms with Gasteiger partial charge >= 0.3 is 0 Å². The number of hydrogen-bond acceptors (Lipinski definition) is 3. The molecule has 5 heteroatoms. The van der Waals surface area contributed by atoms with Crippen LogP contribution in [0.15, 0.2) is 37.1 Å². The summed E-state index contributed by atoms with van der Waals surface area (Å²) in [4.78, 5) is 8.18. The van der Waals surface area contributed by atoms with Crippen LogP contribution in [0.3, 0.4) is 0 Å². The summed E-state index contributed by atoms with van der Waals surface area (Å²) in [7, 11) is 1.88. The standard InChI is InChI=1S/C12H9ClN4/c1-17-6-9(4-16-17)8-2-11(13)10-5-14-7-15-12(10)3-8/h2-7H,1H3. The smallest absolute Gasteiger partial charge is 0.116 e. The predicted molar refractivity (Wildman–Crippen MR) is 66.8 cm³/mol. The molecule has 0 radical (unpaired) electrons. The van der Waals surface area contributed by atoms with Gasteiger partial charge in [0.25, 0.3) is 0 Å². The van der Waals surface area contributed by atoms with E-state index in [0.29, 0.717) is 5.02 Å². The molecule has 0 spiro atoms. The fraction of sp³-hybridized carbons (Fsp3) is 0.0833. The highest BCUT2D eigenvalue weighted by Gasteiger charge is 2.06. The average Bonchev–Trinajstić information content (AvgIpc) is 2.76. The van der Waals surface area contributed by atoms with Gasteiger partial charge in [-0.25, -0.2) is 9.97 Å². The Kier molecular flexibility index (Phi) is 2.30. The van der Waals surface area contributed by atoms with Gasteiger partial charge in [0.05, 0.1) is 16.7 Å². The molecule has 0 amide bonds. The van der Waals surface area contributed by atoms with E-state index in [4.69, 9.17) is 11.6 Å². The molecule has 84 valence electrons. The molecule has 0 aliphatic rings. The Morgan fingerprint density at radius 3 is 2.82 bits per heavy atom. The van der Waals surface area contributed by atoms with E-state index in [1.54, 1.807) is 17.1 Å². The van der Waals surface area contributed by atoms with Crippen molar-refractivity contribution in [3.8, 4) is 11.1 Å². The van der Waals surface area contributed by atoms with E-state index >= 15 is 0 Å². The first kappa shape index (κ1) is 10.2. The van der Waals surface area contributed by atoms with E-state index in [1.807, 2.05) is 25.4 Å². The molecular weight excluding hydrogens is 236 g/mol.